The van der Waals surface area contributed by atoms with E-state index in [0.29, 0.717) is 17.8 Å². The molecule has 230 valence electrons. The molecule has 2 aliphatic heterocycles. The molecule has 8 rings (SSSR count). The number of hydrogen-bond acceptors (Lipinski definition) is 1. The lowest BCUT2D eigenvalue weighted by Gasteiger charge is -2.40. The van der Waals surface area contributed by atoms with Crippen molar-refractivity contribution in [3.05, 3.63) is 144 Å². The second kappa shape index (κ2) is 11.5. The van der Waals surface area contributed by atoms with E-state index in [0.717, 1.165) is 0 Å². The molecule has 0 spiro atoms. The van der Waals surface area contributed by atoms with Gasteiger partial charge in [-0.3, -0.25) is 0 Å². The van der Waals surface area contributed by atoms with Crippen LogP contribution in [0.4, 0.5) is 17.1 Å². The van der Waals surface area contributed by atoms with Crippen molar-refractivity contribution in [2.45, 2.75) is 59.3 Å². The minimum atomic E-state index is 0.208. The third-order valence-corrected chi connectivity index (χ3v) is 10.4. The predicted octanol–water partition coefficient (Wildman–Crippen LogP) is 10.7. The van der Waals surface area contributed by atoms with Gasteiger partial charge in [-0.15, -0.1) is 0 Å². The summed E-state index contributed by atoms with van der Waals surface area (Å²) in [5, 5.41) is 0. The van der Waals surface area contributed by atoms with Gasteiger partial charge in [0.25, 0.3) is 0 Å². The molecule has 0 bridgehead atoms. The molecule has 0 radical (unpaired) electrons. The molecule has 0 N–H and O–H groups in total. The van der Waals surface area contributed by atoms with Gasteiger partial charge in [-0.05, 0) is 96.9 Å². The first kappa shape index (κ1) is 29.6. The van der Waals surface area contributed by atoms with Crippen LogP contribution in [-0.4, -0.2) is 6.71 Å². The minimum absolute atomic E-state index is 0.208. The molecule has 0 atom stereocenters. The highest BCUT2D eigenvalue weighted by molar-refractivity contribution is 7.01. The van der Waals surface area contributed by atoms with E-state index in [4.69, 9.17) is 0 Å². The van der Waals surface area contributed by atoms with Crippen molar-refractivity contribution >= 4 is 40.2 Å². The third kappa shape index (κ3) is 4.68. The summed E-state index contributed by atoms with van der Waals surface area (Å²) in [4.78, 5) is 2.64. The normalized spacial score (nSPS) is 13.0. The minimum Gasteiger partial charge on any atom is -0.311 e. The van der Waals surface area contributed by atoms with Gasteiger partial charge >= 0.3 is 0 Å². The van der Waals surface area contributed by atoms with E-state index in [1.807, 2.05) is 0 Å². The predicted molar refractivity (Wildman–Crippen MR) is 204 cm³/mol. The van der Waals surface area contributed by atoms with E-state index in [2.05, 4.69) is 174 Å². The summed E-state index contributed by atoms with van der Waals surface area (Å²) < 4.78 is 0. The standard InChI is InChI=1S/C45H42BN/c1-28(2)35-16-10-11-21-41(35)47-42-27-34(33-24-22-32(23-25-33)31-14-8-7-9-15-31)26-39-38-19-12-17-36(29(3)4)43(38)46(44(39)42)40-20-13-18-37(30(5)6)45(40)47/h7-30H,1-6H3. The van der Waals surface area contributed by atoms with E-state index >= 15 is 0 Å². The molecule has 6 aromatic carbocycles. The Labute approximate surface area is 281 Å². The van der Waals surface area contributed by atoms with Gasteiger partial charge in [0.15, 0.2) is 0 Å². The molecule has 0 saturated carbocycles. The lowest BCUT2D eigenvalue weighted by molar-refractivity contribution is 0.855. The fourth-order valence-corrected chi connectivity index (χ4v) is 8.19. The van der Waals surface area contributed by atoms with Crippen LogP contribution in [0.15, 0.2) is 127 Å². The summed E-state index contributed by atoms with van der Waals surface area (Å²) in [6.45, 7) is 14.2. The number of nitrogens with zero attached hydrogens (tertiary/aromatic N) is 1. The molecule has 0 fully saturated rings. The van der Waals surface area contributed by atoms with Crippen molar-refractivity contribution in [2.24, 2.45) is 0 Å². The molecule has 2 heterocycles. The first-order valence-corrected chi connectivity index (χ1v) is 17.3. The van der Waals surface area contributed by atoms with Crippen molar-refractivity contribution in [3.63, 3.8) is 0 Å². The maximum Gasteiger partial charge on any atom is 0.248 e. The van der Waals surface area contributed by atoms with Gasteiger partial charge in [0.1, 0.15) is 0 Å². The second-order valence-electron chi connectivity index (χ2n) is 14.3. The first-order valence-electron chi connectivity index (χ1n) is 17.3. The maximum absolute atomic E-state index is 2.64. The van der Waals surface area contributed by atoms with Crippen molar-refractivity contribution in [1.29, 1.82) is 0 Å². The molecular weight excluding hydrogens is 565 g/mol. The average molecular weight is 608 g/mol. The van der Waals surface area contributed by atoms with E-state index in [-0.39, 0.29) is 6.71 Å². The largest absolute Gasteiger partial charge is 0.311 e. The Kier molecular flexibility index (Phi) is 7.21. The average Bonchev–Trinajstić information content (AvgIpc) is 3.43. The van der Waals surface area contributed by atoms with Crippen molar-refractivity contribution in [2.75, 3.05) is 4.90 Å². The molecule has 0 unspecified atom stereocenters. The summed E-state index contributed by atoms with van der Waals surface area (Å²) in [5.41, 5.74) is 20.3. The second-order valence-corrected chi connectivity index (χ2v) is 14.3. The molecule has 47 heavy (non-hydrogen) atoms. The first-order chi connectivity index (χ1) is 22.8. The topological polar surface area (TPSA) is 3.24 Å². The van der Waals surface area contributed by atoms with E-state index in [9.17, 15) is 0 Å². The molecule has 0 aliphatic carbocycles. The number of hydrogen-bond donors (Lipinski definition) is 0. The highest BCUT2D eigenvalue weighted by Gasteiger charge is 2.45. The van der Waals surface area contributed by atoms with Crippen LogP contribution in [0, 0.1) is 0 Å². The molecule has 0 saturated heterocycles. The van der Waals surface area contributed by atoms with Crippen molar-refractivity contribution in [1.82, 2.24) is 0 Å². The quantitative estimate of drug-likeness (QED) is 0.170. The molecule has 2 heteroatoms. The van der Waals surface area contributed by atoms with Gasteiger partial charge in [0, 0.05) is 17.1 Å². The lowest BCUT2D eigenvalue weighted by atomic mass is 9.36. The molecular formula is C45H42BN. The zero-order chi connectivity index (χ0) is 32.4. The Morgan fingerprint density at radius 3 is 1.70 bits per heavy atom. The van der Waals surface area contributed by atoms with E-state index in [1.54, 1.807) is 0 Å². The summed E-state index contributed by atoms with van der Waals surface area (Å²) in [7, 11) is 0. The highest BCUT2D eigenvalue weighted by atomic mass is 15.2. The van der Waals surface area contributed by atoms with Gasteiger partial charge in [-0.25, -0.2) is 0 Å². The van der Waals surface area contributed by atoms with Crippen LogP contribution in [0.2, 0.25) is 0 Å². The SMILES string of the molecule is CC(C)c1ccccc1N1c2cc(-c3ccc(-c4ccccc4)cc3)cc3c2B(c2cccc(C(C)C)c21)c1c-3cccc1C(C)C. The summed E-state index contributed by atoms with van der Waals surface area (Å²) in [6, 6.07) is 47.9. The van der Waals surface area contributed by atoms with Gasteiger partial charge in [-0.2, -0.15) is 0 Å². The van der Waals surface area contributed by atoms with Gasteiger partial charge in [0.2, 0.25) is 6.71 Å². The Bertz CT molecular complexity index is 2120. The third-order valence-electron chi connectivity index (χ3n) is 10.4. The van der Waals surface area contributed by atoms with Crippen LogP contribution < -0.4 is 21.3 Å². The summed E-state index contributed by atoms with van der Waals surface area (Å²) in [6.07, 6.45) is 0. The van der Waals surface area contributed by atoms with Crippen LogP contribution in [0.1, 0.15) is 76.0 Å². The van der Waals surface area contributed by atoms with Gasteiger partial charge < -0.3 is 4.90 Å². The van der Waals surface area contributed by atoms with Crippen LogP contribution >= 0.6 is 0 Å². The number of para-hydroxylation sites is 2. The molecule has 1 nitrogen and oxygen atoms in total. The Morgan fingerprint density at radius 1 is 0.426 bits per heavy atom. The molecule has 0 amide bonds. The fraction of sp³-hybridized carbons (Fsp3) is 0.200. The fourth-order valence-electron chi connectivity index (χ4n) is 8.19. The van der Waals surface area contributed by atoms with Crippen molar-refractivity contribution in [3.8, 4) is 33.4 Å². The summed E-state index contributed by atoms with van der Waals surface area (Å²) in [5.74, 6) is 1.21. The van der Waals surface area contributed by atoms with E-state index < -0.39 is 0 Å². The van der Waals surface area contributed by atoms with Crippen LogP contribution in [0.25, 0.3) is 33.4 Å². The highest BCUT2D eigenvalue weighted by Crippen LogP contribution is 2.47. The summed E-state index contributed by atoms with van der Waals surface area (Å²) >= 11 is 0. The monoisotopic (exact) mass is 607 g/mol. The Morgan fingerprint density at radius 2 is 1.00 bits per heavy atom. The number of benzene rings is 6. The van der Waals surface area contributed by atoms with Crippen LogP contribution in [-0.2, 0) is 0 Å². The molecule has 6 aromatic rings. The van der Waals surface area contributed by atoms with Gasteiger partial charge in [0.05, 0.1) is 0 Å². The van der Waals surface area contributed by atoms with E-state index in [1.165, 1.54) is 83.5 Å². The molecule has 0 aromatic heterocycles. The number of anilines is 3. The lowest BCUT2D eigenvalue weighted by Crippen LogP contribution is -2.56. The zero-order valence-corrected chi connectivity index (χ0v) is 28.4. The number of fused-ring (bicyclic) bond motifs is 5. The molecule has 2 aliphatic rings. The maximum atomic E-state index is 2.64. The Balaban J connectivity index is 1.45. The smallest absolute Gasteiger partial charge is 0.248 e. The van der Waals surface area contributed by atoms with Crippen molar-refractivity contribution < 1.29 is 0 Å². The zero-order valence-electron chi connectivity index (χ0n) is 28.4. The van der Waals surface area contributed by atoms with Crippen LogP contribution in [0.5, 0.6) is 0 Å². The van der Waals surface area contributed by atoms with Crippen LogP contribution in [0.3, 0.4) is 0 Å². The number of rotatable bonds is 6. The van der Waals surface area contributed by atoms with Gasteiger partial charge in [-0.1, -0.05) is 156 Å². The Hall–Kier alpha value is -4.82.